The van der Waals surface area contributed by atoms with E-state index in [0.29, 0.717) is 34.7 Å². The van der Waals surface area contributed by atoms with Crippen LogP contribution in [0.2, 0.25) is 5.02 Å². The van der Waals surface area contributed by atoms with E-state index in [9.17, 15) is 4.79 Å². The Hall–Kier alpha value is -2.19. The van der Waals surface area contributed by atoms with Crippen LogP contribution in [0.4, 0.5) is 5.13 Å². The quantitative estimate of drug-likeness (QED) is 0.352. The molecule has 2 heterocycles. The summed E-state index contributed by atoms with van der Waals surface area (Å²) >= 11 is 9.52. The van der Waals surface area contributed by atoms with Crippen molar-refractivity contribution in [3.05, 3.63) is 52.4 Å². The molecular formula is C22H22ClN3O2S2. The Bertz CT molecular complexity index is 1200. The number of anilines is 1. The highest BCUT2D eigenvalue weighted by molar-refractivity contribution is 7.23. The van der Waals surface area contributed by atoms with Crippen molar-refractivity contribution in [1.29, 1.82) is 0 Å². The number of hydrogen-bond acceptors (Lipinski definition) is 6. The number of benzene rings is 2. The number of nitrogens with zero attached hydrogens (tertiary/aromatic N) is 3. The Morgan fingerprint density at radius 2 is 1.83 bits per heavy atom. The van der Waals surface area contributed by atoms with Crippen LogP contribution in [0.1, 0.15) is 16.6 Å². The first-order chi connectivity index (χ1) is 14.5. The minimum absolute atomic E-state index is 0.125. The van der Waals surface area contributed by atoms with E-state index in [2.05, 4.69) is 0 Å². The van der Waals surface area contributed by atoms with Crippen molar-refractivity contribution in [3.8, 4) is 5.75 Å². The Morgan fingerprint density at radius 1 is 1.07 bits per heavy atom. The minimum Gasteiger partial charge on any atom is -0.492 e. The van der Waals surface area contributed by atoms with E-state index in [1.165, 1.54) is 22.7 Å². The highest BCUT2D eigenvalue weighted by atomic mass is 35.5. The number of thiazole rings is 1. The molecule has 0 saturated heterocycles. The zero-order chi connectivity index (χ0) is 21.3. The number of rotatable bonds is 7. The first kappa shape index (κ1) is 21.1. The number of aromatic nitrogens is 1. The number of thiophene rings is 1. The molecule has 0 radical (unpaired) electrons. The summed E-state index contributed by atoms with van der Waals surface area (Å²) in [7, 11) is 3.97. The summed E-state index contributed by atoms with van der Waals surface area (Å²) in [5.41, 5.74) is 0.782. The van der Waals surface area contributed by atoms with Gasteiger partial charge in [-0.2, -0.15) is 0 Å². The van der Waals surface area contributed by atoms with Crippen LogP contribution in [-0.4, -0.2) is 49.6 Å². The molecule has 0 aliphatic rings. The van der Waals surface area contributed by atoms with Gasteiger partial charge in [0.2, 0.25) is 0 Å². The SMILES string of the molecule is CCOc1cccc2sc(N(CCN(C)C)C(=O)c3sc4ccccc4c3Cl)nc12. The molecule has 156 valence electrons. The van der Waals surface area contributed by atoms with Crippen molar-refractivity contribution < 1.29 is 9.53 Å². The maximum Gasteiger partial charge on any atom is 0.271 e. The summed E-state index contributed by atoms with van der Waals surface area (Å²) in [6, 6.07) is 13.7. The van der Waals surface area contributed by atoms with Crippen molar-refractivity contribution in [2.45, 2.75) is 6.92 Å². The number of fused-ring (bicyclic) bond motifs is 2. The number of ether oxygens (including phenoxy) is 1. The van der Waals surface area contributed by atoms with Crippen LogP contribution in [0, 0.1) is 0 Å². The molecule has 0 atom stereocenters. The fraction of sp³-hybridized carbons (Fsp3) is 0.273. The first-order valence-corrected chi connectivity index (χ1v) is 11.7. The smallest absolute Gasteiger partial charge is 0.271 e. The molecule has 0 bridgehead atoms. The Labute approximate surface area is 188 Å². The summed E-state index contributed by atoms with van der Waals surface area (Å²) in [5.74, 6) is 0.609. The fourth-order valence-corrected chi connectivity index (χ4v) is 5.63. The molecule has 2 aromatic heterocycles. The van der Waals surface area contributed by atoms with Crippen molar-refractivity contribution >= 4 is 65.6 Å². The lowest BCUT2D eigenvalue weighted by atomic mass is 10.2. The second kappa shape index (κ2) is 8.89. The lowest BCUT2D eigenvalue weighted by Gasteiger charge is -2.21. The molecule has 4 rings (SSSR count). The van der Waals surface area contributed by atoms with E-state index in [1.807, 2.05) is 68.4 Å². The second-order valence-electron chi connectivity index (χ2n) is 7.03. The predicted molar refractivity (Wildman–Crippen MR) is 128 cm³/mol. The van der Waals surface area contributed by atoms with Gasteiger partial charge in [-0.05, 0) is 39.2 Å². The number of carbonyl (C=O) groups is 1. The zero-order valence-corrected chi connectivity index (χ0v) is 19.4. The molecule has 4 aromatic rings. The van der Waals surface area contributed by atoms with Gasteiger partial charge in [-0.25, -0.2) is 4.98 Å². The van der Waals surface area contributed by atoms with Crippen molar-refractivity contribution in [3.63, 3.8) is 0 Å². The third-order valence-electron chi connectivity index (χ3n) is 4.65. The molecule has 0 aliphatic heterocycles. The number of para-hydroxylation sites is 1. The summed E-state index contributed by atoms with van der Waals surface area (Å²) in [5, 5.41) is 2.06. The average molecular weight is 460 g/mol. The molecule has 0 aliphatic carbocycles. The number of halogens is 1. The molecule has 2 aromatic carbocycles. The standard InChI is InChI=1S/C22H22ClN3O2S2/c1-4-28-15-9-7-11-17-19(15)24-22(30-17)26(13-12-25(2)3)21(27)20-18(23)14-8-5-6-10-16(14)29-20/h5-11H,4,12-13H2,1-3H3. The predicted octanol–water partition coefficient (Wildman–Crippen LogP) is 5.77. The van der Waals surface area contributed by atoms with Gasteiger partial charge in [0.05, 0.1) is 16.3 Å². The Kier molecular flexibility index (Phi) is 6.24. The zero-order valence-electron chi connectivity index (χ0n) is 17.0. The Balaban J connectivity index is 1.78. The highest BCUT2D eigenvalue weighted by Crippen LogP contribution is 2.39. The third-order valence-corrected chi connectivity index (χ3v) is 7.35. The maximum absolute atomic E-state index is 13.6. The van der Waals surface area contributed by atoms with Crippen molar-refractivity contribution in [1.82, 2.24) is 9.88 Å². The van der Waals surface area contributed by atoms with Gasteiger partial charge >= 0.3 is 0 Å². The van der Waals surface area contributed by atoms with Gasteiger partial charge in [0, 0.05) is 23.2 Å². The van der Waals surface area contributed by atoms with E-state index >= 15 is 0 Å². The molecule has 8 heteroatoms. The average Bonchev–Trinajstić information content (AvgIpc) is 3.30. The van der Waals surface area contributed by atoms with Crippen molar-refractivity contribution in [2.24, 2.45) is 0 Å². The summed E-state index contributed by atoms with van der Waals surface area (Å²) in [6.07, 6.45) is 0. The van der Waals surface area contributed by atoms with Crippen LogP contribution in [0.15, 0.2) is 42.5 Å². The highest BCUT2D eigenvalue weighted by Gasteiger charge is 2.26. The van der Waals surface area contributed by atoms with Gasteiger partial charge < -0.3 is 9.64 Å². The molecular weight excluding hydrogens is 438 g/mol. The number of amides is 1. The van der Waals surface area contributed by atoms with Crippen LogP contribution in [0.25, 0.3) is 20.3 Å². The van der Waals surface area contributed by atoms with E-state index < -0.39 is 0 Å². The molecule has 0 fully saturated rings. The number of hydrogen-bond donors (Lipinski definition) is 0. The van der Waals surface area contributed by atoms with E-state index in [0.717, 1.165) is 26.1 Å². The van der Waals surface area contributed by atoms with Gasteiger partial charge in [0.25, 0.3) is 5.91 Å². The Morgan fingerprint density at radius 3 is 2.57 bits per heavy atom. The lowest BCUT2D eigenvalue weighted by molar-refractivity contribution is 0.0989. The van der Waals surface area contributed by atoms with Gasteiger partial charge in [-0.3, -0.25) is 9.69 Å². The largest absolute Gasteiger partial charge is 0.492 e. The van der Waals surface area contributed by atoms with Gasteiger partial charge in [0.15, 0.2) is 5.13 Å². The van der Waals surface area contributed by atoms with Crippen LogP contribution in [0.3, 0.4) is 0 Å². The molecule has 0 N–H and O–H groups in total. The van der Waals surface area contributed by atoms with E-state index in [1.54, 1.807) is 4.90 Å². The van der Waals surface area contributed by atoms with Crippen LogP contribution in [0.5, 0.6) is 5.75 Å². The monoisotopic (exact) mass is 459 g/mol. The van der Waals surface area contributed by atoms with Crippen LogP contribution >= 0.6 is 34.3 Å². The molecule has 0 saturated carbocycles. The first-order valence-electron chi connectivity index (χ1n) is 9.65. The number of carbonyl (C=O) groups excluding carboxylic acids is 1. The number of likely N-dealkylation sites (N-methyl/N-ethyl adjacent to an activating group) is 1. The molecule has 1 amide bonds. The van der Waals surface area contributed by atoms with Gasteiger partial charge in [-0.15, -0.1) is 11.3 Å². The van der Waals surface area contributed by atoms with Crippen LogP contribution in [-0.2, 0) is 0 Å². The normalized spacial score (nSPS) is 11.5. The van der Waals surface area contributed by atoms with E-state index in [-0.39, 0.29) is 5.91 Å². The maximum atomic E-state index is 13.6. The van der Waals surface area contributed by atoms with Gasteiger partial charge in [0.1, 0.15) is 16.1 Å². The molecule has 0 spiro atoms. The lowest BCUT2D eigenvalue weighted by Crippen LogP contribution is -2.36. The summed E-state index contributed by atoms with van der Waals surface area (Å²) in [6.45, 7) is 3.73. The van der Waals surface area contributed by atoms with Crippen LogP contribution < -0.4 is 9.64 Å². The summed E-state index contributed by atoms with van der Waals surface area (Å²) < 4.78 is 7.72. The van der Waals surface area contributed by atoms with Gasteiger partial charge in [-0.1, -0.05) is 47.2 Å². The van der Waals surface area contributed by atoms with Crippen molar-refractivity contribution in [2.75, 3.05) is 38.7 Å². The topological polar surface area (TPSA) is 45.7 Å². The molecule has 30 heavy (non-hydrogen) atoms. The fourth-order valence-electron chi connectivity index (χ4n) is 3.16. The molecule has 0 unspecified atom stereocenters. The summed E-state index contributed by atoms with van der Waals surface area (Å²) in [4.78, 5) is 22.7. The minimum atomic E-state index is -0.125. The molecule has 5 nitrogen and oxygen atoms in total. The van der Waals surface area contributed by atoms with E-state index in [4.69, 9.17) is 21.3 Å². The second-order valence-corrected chi connectivity index (χ2v) is 9.47. The third kappa shape index (κ3) is 4.03.